The zero-order chi connectivity index (χ0) is 14.0. The minimum absolute atomic E-state index is 0.969. The largest absolute Gasteiger partial charge is 0.347 e. The van der Waals surface area contributed by atoms with Gasteiger partial charge >= 0.3 is 0 Å². The standard InChI is InChI=1S/C13H14N4.C2H6/c1-9-4-10-5-12(11-6-15-16(2)8-11)14-7-13(10)17(9)3;1-2/h4-8H,1-3H3;1-2H3. The van der Waals surface area contributed by atoms with Crippen molar-refractivity contribution in [2.45, 2.75) is 20.8 Å². The van der Waals surface area contributed by atoms with E-state index in [4.69, 9.17) is 0 Å². The molecule has 4 heteroatoms. The maximum Gasteiger partial charge on any atom is 0.0741 e. The Bertz CT molecular complexity index is 691. The predicted octanol–water partition coefficient (Wildman–Crippen LogP) is 3.31. The van der Waals surface area contributed by atoms with Gasteiger partial charge in [0.15, 0.2) is 0 Å². The third kappa shape index (κ3) is 2.38. The summed E-state index contributed by atoms with van der Waals surface area (Å²) < 4.78 is 3.94. The Balaban J connectivity index is 0.000000637. The van der Waals surface area contributed by atoms with Crippen molar-refractivity contribution in [1.29, 1.82) is 0 Å². The number of hydrogen-bond donors (Lipinski definition) is 0. The fourth-order valence-electron chi connectivity index (χ4n) is 2.08. The van der Waals surface area contributed by atoms with Gasteiger partial charge in [0.05, 0.1) is 23.6 Å². The molecule has 0 aliphatic heterocycles. The van der Waals surface area contributed by atoms with Crippen LogP contribution in [0.5, 0.6) is 0 Å². The second kappa shape index (κ2) is 5.26. The quantitative estimate of drug-likeness (QED) is 0.669. The monoisotopic (exact) mass is 256 g/mol. The molecule has 3 aromatic rings. The first kappa shape index (κ1) is 13.3. The van der Waals surface area contributed by atoms with Crippen LogP contribution in [0.2, 0.25) is 0 Å². The van der Waals surface area contributed by atoms with Crippen molar-refractivity contribution in [3.63, 3.8) is 0 Å². The molecule has 0 atom stereocenters. The van der Waals surface area contributed by atoms with Gasteiger partial charge in [0.2, 0.25) is 0 Å². The van der Waals surface area contributed by atoms with Gasteiger partial charge in [0, 0.05) is 36.9 Å². The Morgan fingerprint density at radius 3 is 2.42 bits per heavy atom. The summed E-state index contributed by atoms with van der Waals surface area (Å²) in [4.78, 5) is 4.49. The van der Waals surface area contributed by atoms with Gasteiger partial charge in [-0.15, -0.1) is 0 Å². The fourth-order valence-corrected chi connectivity index (χ4v) is 2.08. The van der Waals surface area contributed by atoms with Crippen LogP contribution in [0.4, 0.5) is 0 Å². The van der Waals surface area contributed by atoms with Crippen LogP contribution in [0.15, 0.2) is 30.7 Å². The highest BCUT2D eigenvalue weighted by Gasteiger charge is 2.06. The van der Waals surface area contributed by atoms with E-state index in [1.54, 1.807) is 4.68 Å². The van der Waals surface area contributed by atoms with Gasteiger partial charge in [-0.3, -0.25) is 9.67 Å². The smallest absolute Gasteiger partial charge is 0.0741 e. The third-order valence-electron chi connectivity index (χ3n) is 3.17. The van der Waals surface area contributed by atoms with Crippen molar-refractivity contribution >= 4 is 10.9 Å². The highest BCUT2D eigenvalue weighted by atomic mass is 15.2. The van der Waals surface area contributed by atoms with Crippen molar-refractivity contribution < 1.29 is 0 Å². The Hall–Kier alpha value is -2.10. The zero-order valence-electron chi connectivity index (χ0n) is 12.2. The average Bonchev–Trinajstić information content (AvgIpc) is 2.97. The molecule has 0 aliphatic rings. The molecule has 0 N–H and O–H groups in total. The number of pyridine rings is 1. The lowest BCUT2D eigenvalue weighted by molar-refractivity contribution is 0.768. The second-order valence-electron chi connectivity index (χ2n) is 4.38. The van der Waals surface area contributed by atoms with E-state index in [0.29, 0.717) is 0 Å². The van der Waals surface area contributed by atoms with Gasteiger partial charge < -0.3 is 4.57 Å². The van der Waals surface area contributed by atoms with Crippen LogP contribution in [0.1, 0.15) is 19.5 Å². The van der Waals surface area contributed by atoms with E-state index in [2.05, 4.69) is 40.8 Å². The summed E-state index contributed by atoms with van der Waals surface area (Å²) in [5.74, 6) is 0. The summed E-state index contributed by atoms with van der Waals surface area (Å²) in [6.07, 6.45) is 5.73. The van der Waals surface area contributed by atoms with Crippen molar-refractivity contribution in [2.75, 3.05) is 0 Å². The maximum absolute atomic E-state index is 4.49. The summed E-state index contributed by atoms with van der Waals surface area (Å²) in [7, 11) is 3.97. The number of nitrogens with zero attached hydrogens (tertiary/aromatic N) is 4. The van der Waals surface area contributed by atoms with Gasteiger partial charge in [-0.25, -0.2) is 0 Å². The first-order valence-corrected chi connectivity index (χ1v) is 6.56. The van der Waals surface area contributed by atoms with Crippen molar-refractivity contribution in [1.82, 2.24) is 19.3 Å². The van der Waals surface area contributed by atoms with Crippen LogP contribution in [0, 0.1) is 6.92 Å². The van der Waals surface area contributed by atoms with Gasteiger partial charge in [0.25, 0.3) is 0 Å². The lowest BCUT2D eigenvalue weighted by Gasteiger charge is -1.99. The molecule has 19 heavy (non-hydrogen) atoms. The molecule has 3 heterocycles. The number of rotatable bonds is 1. The van der Waals surface area contributed by atoms with E-state index in [0.717, 1.165) is 16.8 Å². The summed E-state index contributed by atoms with van der Waals surface area (Å²) in [5, 5.41) is 5.39. The van der Waals surface area contributed by atoms with Crippen LogP contribution in [0.3, 0.4) is 0 Å². The van der Waals surface area contributed by atoms with Crippen molar-refractivity contribution in [3.8, 4) is 11.3 Å². The van der Waals surface area contributed by atoms with Gasteiger partial charge in [-0.2, -0.15) is 5.10 Å². The molecule has 0 aliphatic carbocycles. The normalized spacial score (nSPS) is 10.4. The minimum Gasteiger partial charge on any atom is -0.347 e. The number of fused-ring (bicyclic) bond motifs is 1. The summed E-state index contributed by atoms with van der Waals surface area (Å²) >= 11 is 0. The maximum atomic E-state index is 4.49. The SMILES string of the molecule is CC.Cc1cc2cc(-c3cnn(C)c3)ncc2n1C. The Labute approximate surface area is 113 Å². The van der Waals surface area contributed by atoms with Gasteiger partial charge in [0.1, 0.15) is 0 Å². The Morgan fingerprint density at radius 2 is 1.79 bits per heavy atom. The fraction of sp³-hybridized carbons (Fsp3) is 0.333. The summed E-state index contributed by atoms with van der Waals surface area (Å²) in [5.41, 5.74) is 4.42. The Morgan fingerprint density at radius 1 is 1.05 bits per heavy atom. The lowest BCUT2D eigenvalue weighted by atomic mass is 10.2. The summed E-state index contributed by atoms with van der Waals surface area (Å²) in [6.45, 7) is 6.10. The van der Waals surface area contributed by atoms with E-state index >= 15 is 0 Å². The zero-order valence-corrected chi connectivity index (χ0v) is 12.2. The van der Waals surface area contributed by atoms with E-state index in [1.807, 2.05) is 39.5 Å². The molecule has 0 amide bonds. The Kier molecular flexibility index (Phi) is 3.69. The molecule has 3 aromatic heterocycles. The number of aryl methyl sites for hydroxylation is 3. The van der Waals surface area contributed by atoms with Crippen LogP contribution < -0.4 is 0 Å². The van der Waals surface area contributed by atoms with Crippen molar-refractivity contribution in [2.24, 2.45) is 14.1 Å². The first-order chi connectivity index (χ1) is 9.15. The number of hydrogen-bond acceptors (Lipinski definition) is 2. The lowest BCUT2D eigenvalue weighted by Crippen LogP contribution is -1.90. The average molecular weight is 256 g/mol. The molecule has 4 nitrogen and oxygen atoms in total. The van der Waals surface area contributed by atoms with Crippen LogP contribution >= 0.6 is 0 Å². The molecule has 100 valence electrons. The van der Waals surface area contributed by atoms with E-state index < -0.39 is 0 Å². The van der Waals surface area contributed by atoms with E-state index in [-0.39, 0.29) is 0 Å². The predicted molar refractivity (Wildman–Crippen MR) is 79.0 cm³/mol. The number of aromatic nitrogens is 4. The molecule has 0 saturated carbocycles. The van der Waals surface area contributed by atoms with Crippen LogP contribution in [-0.4, -0.2) is 19.3 Å². The second-order valence-corrected chi connectivity index (χ2v) is 4.38. The first-order valence-electron chi connectivity index (χ1n) is 6.56. The highest BCUT2D eigenvalue weighted by Crippen LogP contribution is 2.23. The molecule has 0 unspecified atom stereocenters. The van der Waals surface area contributed by atoms with Crippen LogP contribution in [0.25, 0.3) is 22.2 Å². The molecule has 3 rings (SSSR count). The highest BCUT2D eigenvalue weighted by molar-refractivity contribution is 5.84. The molecule has 0 bridgehead atoms. The van der Waals surface area contributed by atoms with Crippen LogP contribution in [-0.2, 0) is 14.1 Å². The molecule has 0 fully saturated rings. The molecule has 0 radical (unpaired) electrons. The van der Waals surface area contributed by atoms with Gasteiger partial charge in [-0.1, -0.05) is 13.8 Å². The van der Waals surface area contributed by atoms with E-state index in [1.165, 1.54) is 11.1 Å². The topological polar surface area (TPSA) is 35.6 Å². The minimum atomic E-state index is 0.969. The molecular formula is C15H20N4. The third-order valence-corrected chi connectivity index (χ3v) is 3.17. The summed E-state index contributed by atoms with van der Waals surface area (Å²) in [6, 6.07) is 4.29. The van der Waals surface area contributed by atoms with Gasteiger partial charge in [-0.05, 0) is 19.1 Å². The van der Waals surface area contributed by atoms with E-state index in [9.17, 15) is 0 Å². The molecule has 0 aromatic carbocycles. The molecule has 0 spiro atoms. The van der Waals surface area contributed by atoms with Crippen molar-refractivity contribution in [3.05, 3.63) is 36.4 Å². The molecular weight excluding hydrogens is 236 g/mol. The molecule has 0 saturated heterocycles.